The number of halogens is 1. The minimum Gasteiger partial charge on any atom is -1.00 e. The van der Waals surface area contributed by atoms with E-state index in [4.69, 9.17) is 0 Å². The van der Waals surface area contributed by atoms with E-state index in [0.717, 1.165) is 12.5 Å². The van der Waals surface area contributed by atoms with Crippen LogP contribution in [0.5, 0.6) is 0 Å². The molecule has 68 valence electrons. The fraction of sp³-hybridized carbons (Fsp3) is 0.500. The molecule has 0 atom stereocenters. The first kappa shape index (κ1) is 11.6. The number of hydrogen-bond acceptors (Lipinski definition) is 0. The van der Waals surface area contributed by atoms with Gasteiger partial charge in [-0.2, -0.15) is 0 Å². The second-order valence-corrected chi connectivity index (χ2v) is 3.30. The van der Waals surface area contributed by atoms with Crippen molar-refractivity contribution in [1.29, 1.82) is 0 Å². The first-order valence-electron chi connectivity index (χ1n) is 4.23. The summed E-state index contributed by atoms with van der Waals surface area (Å²) in [6, 6.07) is 6.19. The Morgan fingerprint density at radius 2 is 1.67 bits per heavy atom. The van der Waals surface area contributed by atoms with Crippen molar-refractivity contribution in [3.63, 3.8) is 0 Å². The Morgan fingerprint density at radius 3 is 2.17 bits per heavy atom. The van der Waals surface area contributed by atoms with Crippen molar-refractivity contribution in [3.05, 3.63) is 30.6 Å². The highest BCUT2D eigenvalue weighted by atomic mass is 79.9. The largest absolute Gasteiger partial charge is 1.00 e. The number of pyridine rings is 1. The normalized spacial score (nSPS) is 9.58. The Bertz CT molecular complexity index is 196. The summed E-state index contributed by atoms with van der Waals surface area (Å²) in [6.45, 7) is 5.64. The number of nitrogens with zero attached hydrogens (tertiary/aromatic N) is 1. The lowest BCUT2D eigenvalue weighted by Gasteiger charge is -1.99. The van der Waals surface area contributed by atoms with Crippen molar-refractivity contribution < 1.29 is 21.5 Å². The van der Waals surface area contributed by atoms with Crippen LogP contribution in [0.15, 0.2) is 30.6 Å². The Balaban J connectivity index is 0.00000121. The van der Waals surface area contributed by atoms with Crippen LogP contribution in [-0.4, -0.2) is 0 Å². The van der Waals surface area contributed by atoms with E-state index in [0.29, 0.717) is 0 Å². The summed E-state index contributed by atoms with van der Waals surface area (Å²) in [5.41, 5.74) is 0. The SMILES string of the molecule is CC(C)CC[n+]1ccccc1.[Br-]. The van der Waals surface area contributed by atoms with Gasteiger partial charge in [0, 0.05) is 18.6 Å². The van der Waals surface area contributed by atoms with Crippen LogP contribution in [0.1, 0.15) is 20.3 Å². The highest BCUT2D eigenvalue weighted by molar-refractivity contribution is 4.83. The van der Waals surface area contributed by atoms with E-state index in [-0.39, 0.29) is 17.0 Å². The molecule has 1 heterocycles. The predicted octanol–water partition coefficient (Wildman–Crippen LogP) is -0.976. The quantitative estimate of drug-likeness (QED) is 0.588. The minimum absolute atomic E-state index is 0. The molecule has 0 bridgehead atoms. The highest BCUT2D eigenvalue weighted by Crippen LogP contribution is 1.97. The summed E-state index contributed by atoms with van der Waals surface area (Å²) < 4.78 is 2.22. The average molecular weight is 230 g/mol. The van der Waals surface area contributed by atoms with E-state index >= 15 is 0 Å². The van der Waals surface area contributed by atoms with Crippen LogP contribution in [0.25, 0.3) is 0 Å². The van der Waals surface area contributed by atoms with Crippen molar-refractivity contribution in [1.82, 2.24) is 0 Å². The van der Waals surface area contributed by atoms with Crippen molar-refractivity contribution in [3.8, 4) is 0 Å². The van der Waals surface area contributed by atoms with E-state index < -0.39 is 0 Å². The van der Waals surface area contributed by atoms with Gasteiger partial charge < -0.3 is 17.0 Å². The molecule has 1 aromatic heterocycles. The second-order valence-electron chi connectivity index (χ2n) is 3.30. The molecule has 0 saturated heterocycles. The fourth-order valence-electron chi connectivity index (χ4n) is 0.991. The molecule has 0 aliphatic rings. The number of hydrogen-bond donors (Lipinski definition) is 0. The maximum absolute atomic E-state index is 2.25. The van der Waals surface area contributed by atoms with E-state index in [9.17, 15) is 0 Å². The Labute approximate surface area is 85.2 Å². The smallest absolute Gasteiger partial charge is 0.168 e. The molecular weight excluding hydrogens is 214 g/mol. The van der Waals surface area contributed by atoms with Crippen molar-refractivity contribution in [2.24, 2.45) is 5.92 Å². The van der Waals surface area contributed by atoms with Gasteiger partial charge in [0.05, 0.1) is 0 Å². The van der Waals surface area contributed by atoms with Crippen LogP contribution < -0.4 is 21.5 Å². The van der Waals surface area contributed by atoms with E-state index in [1.165, 1.54) is 6.42 Å². The van der Waals surface area contributed by atoms with E-state index in [2.05, 4.69) is 42.9 Å². The molecule has 0 radical (unpaired) electrons. The summed E-state index contributed by atoms with van der Waals surface area (Å²) in [5.74, 6) is 0.794. The maximum atomic E-state index is 2.25. The van der Waals surface area contributed by atoms with Gasteiger partial charge in [-0.3, -0.25) is 0 Å². The molecule has 0 unspecified atom stereocenters. The lowest BCUT2D eigenvalue weighted by atomic mass is 10.1. The molecule has 0 fully saturated rings. The van der Waals surface area contributed by atoms with Gasteiger partial charge >= 0.3 is 0 Å². The number of rotatable bonds is 3. The van der Waals surface area contributed by atoms with Gasteiger partial charge in [-0.25, -0.2) is 4.57 Å². The second kappa shape index (κ2) is 6.18. The van der Waals surface area contributed by atoms with Gasteiger partial charge in [-0.15, -0.1) is 0 Å². The van der Waals surface area contributed by atoms with Crippen LogP contribution in [-0.2, 0) is 6.54 Å². The van der Waals surface area contributed by atoms with Crippen LogP contribution in [0.2, 0.25) is 0 Å². The van der Waals surface area contributed by atoms with Crippen molar-refractivity contribution in [2.75, 3.05) is 0 Å². The molecular formula is C10H16BrN. The Morgan fingerprint density at radius 1 is 1.08 bits per heavy atom. The topological polar surface area (TPSA) is 3.88 Å². The monoisotopic (exact) mass is 229 g/mol. The summed E-state index contributed by atoms with van der Waals surface area (Å²) in [6.07, 6.45) is 5.49. The van der Waals surface area contributed by atoms with Gasteiger partial charge in [0.1, 0.15) is 6.54 Å². The number of aryl methyl sites for hydroxylation is 1. The third kappa shape index (κ3) is 4.50. The maximum Gasteiger partial charge on any atom is 0.168 e. The van der Waals surface area contributed by atoms with Crippen LogP contribution in [0.3, 0.4) is 0 Å². The van der Waals surface area contributed by atoms with Crippen LogP contribution >= 0.6 is 0 Å². The summed E-state index contributed by atoms with van der Waals surface area (Å²) in [4.78, 5) is 0. The van der Waals surface area contributed by atoms with Gasteiger partial charge in [-0.1, -0.05) is 19.9 Å². The molecule has 2 heteroatoms. The molecule has 0 aliphatic heterocycles. The lowest BCUT2D eigenvalue weighted by molar-refractivity contribution is -0.698. The third-order valence-corrected chi connectivity index (χ3v) is 1.74. The third-order valence-electron chi connectivity index (χ3n) is 1.74. The Hall–Kier alpha value is -0.370. The lowest BCUT2D eigenvalue weighted by Crippen LogP contribution is -3.00. The molecule has 0 amide bonds. The predicted molar refractivity (Wildman–Crippen MR) is 46.1 cm³/mol. The molecule has 0 saturated carbocycles. The molecule has 1 nitrogen and oxygen atoms in total. The molecule has 12 heavy (non-hydrogen) atoms. The van der Waals surface area contributed by atoms with Crippen LogP contribution in [0, 0.1) is 5.92 Å². The summed E-state index contributed by atoms with van der Waals surface area (Å²) in [5, 5.41) is 0. The minimum atomic E-state index is 0. The fourth-order valence-corrected chi connectivity index (χ4v) is 0.991. The molecule has 1 rings (SSSR count). The number of aromatic nitrogens is 1. The zero-order chi connectivity index (χ0) is 8.10. The van der Waals surface area contributed by atoms with E-state index in [1.807, 2.05) is 6.07 Å². The van der Waals surface area contributed by atoms with Gasteiger partial charge in [0.15, 0.2) is 12.4 Å². The molecule has 0 aromatic carbocycles. The van der Waals surface area contributed by atoms with E-state index in [1.54, 1.807) is 0 Å². The van der Waals surface area contributed by atoms with Crippen LogP contribution in [0.4, 0.5) is 0 Å². The standard InChI is InChI=1S/C10H16N.BrH/c1-10(2)6-9-11-7-4-3-5-8-11;/h3-5,7-8,10H,6,9H2,1-2H3;1H/q+1;/p-1. The first-order valence-corrected chi connectivity index (χ1v) is 4.23. The van der Waals surface area contributed by atoms with Gasteiger partial charge in [0.25, 0.3) is 0 Å². The highest BCUT2D eigenvalue weighted by Gasteiger charge is 1.99. The average Bonchev–Trinajstić information content (AvgIpc) is 2.03. The van der Waals surface area contributed by atoms with Gasteiger partial charge in [-0.05, 0) is 5.92 Å². The van der Waals surface area contributed by atoms with Crippen molar-refractivity contribution in [2.45, 2.75) is 26.8 Å². The molecule has 0 N–H and O–H groups in total. The van der Waals surface area contributed by atoms with Crippen molar-refractivity contribution >= 4 is 0 Å². The summed E-state index contributed by atoms with van der Waals surface area (Å²) in [7, 11) is 0. The Kier molecular flexibility index (Phi) is 5.99. The molecule has 0 aliphatic carbocycles. The summed E-state index contributed by atoms with van der Waals surface area (Å²) >= 11 is 0. The molecule has 0 spiro atoms. The van der Waals surface area contributed by atoms with Gasteiger partial charge in [0.2, 0.25) is 0 Å². The first-order chi connectivity index (χ1) is 5.29. The zero-order valence-electron chi connectivity index (χ0n) is 7.70. The zero-order valence-corrected chi connectivity index (χ0v) is 9.29. The molecule has 1 aromatic rings.